The molecule has 0 atom stereocenters. The highest BCUT2D eigenvalue weighted by atomic mass is 35.5. The van der Waals surface area contributed by atoms with Crippen LogP contribution >= 0.6 is 23.4 Å². The molecule has 0 aliphatic heterocycles. The summed E-state index contributed by atoms with van der Waals surface area (Å²) < 4.78 is 6.84. The van der Waals surface area contributed by atoms with Crippen molar-refractivity contribution in [1.82, 2.24) is 19.9 Å². The maximum absolute atomic E-state index is 12.5. The van der Waals surface area contributed by atoms with Crippen LogP contribution in [-0.2, 0) is 11.3 Å². The van der Waals surface area contributed by atoms with Gasteiger partial charge in [-0.15, -0.1) is 11.8 Å². The third-order valence-electron chi connectivity index (χ3n) is 4.23. The van der Waals surface area contributed by atoms with Crippen LogP contribution in [0.5, 0.6) is 0 Å². The van der Waals surface area contributed by atoms with E-state index in [9.17, 15) is 4.79 Å². The maximum Gasteiger partial charge on any atom is 0.264 e. The van der Waals surface area contributed by atoms with E-state index in [0.29, 0.717) is 27.1 Å². The first kappa shape index (κ1) is 20.0. The Hall–Kier alpha value is -3.30. The number of thioether (sulfide) groups is 1. The zero-order valence-electron chi connectivity index (χ0n) is 15.9. The molecule has 0 fully saturated rings. The van der Waals surface area contributed by atoms with E-state index in [-0.39, 0.29) is 24.2 Å². The van der Waals surface area contributed by atoms with Gasteiger partial charge in [-0.3, -0.25) is 4.79 Å². The van der Waals surface area contributed by atoms with Crippen LogP contribution in [-0.4, -0.2) is 32.1 Å². The van der Waals surface area contributed by atoms with E-state index in [0.717, 1.165) is 5.56 Å². The molecule has 2 heterocycles. The molecule has 2 aromatic carbocycles. The largest absolute Gasteiger partial charge is 0.383 e. The van der Waals surface area contributed by atoms with Gasteiger partial charge in [0.2, 0.25) is 11.7 Å². The molecular weight excluding hydrogens is 424 g/mol. The van der Waals surface area contributed by atoms with Gasteiger partial charge >= 0.3 is 0 Å². The Morgan fingerprint density at radius 1 is 1.23 bits per heavy atom. The Morgan fingerprint density at radius 2 is 2.03 bits per heavy atom. The van der Waals surface area contributed by atoms with Gasteiger partial charge in [0.25, 0.3) is 5.89 Å². The predicted molar refractivity (Wildman–Crippen MR) is 117 cm³/mol. The molecule has 0 unspecified atom stereocenters. The van der Waals surface area contributed by atoms with Gasteiger partial charge in [0.1, 0.15) is 23.0 Å². The lowest BCUT2D eigenvalue weighted by Gasteiger charge is -2.07. The van der Waals surface area contributed by atoms with E-state index >= 15 is 0 Å². The number of carbonyl (C=O) groups is 1. The molecule has 1 amide bonds. The summed E-state index contributed by atoms with van der Waals surface area (Å²) in [5.74, 6) is 0.672. The number of nitrogen functional groups attached to an aromatic ring is 1. The van der Waals surface area contributed by atoms with Crippen molar-refractivity contribution < 1.29 is 9.32 Å². The summed E-state index contributed by atoms with van der Waals surface area (Å²) in [5, 5.41) is 12.4. The molecule has 30 heavy (non-hydrogen) atoms. The summed E-state index contributed by atoms with van der Waals surface area (Å²) in [5.41, 5.74) is 8.21. The second-order valence-corrected chi connectivity index (χ2v) is 7.51. The average molecular weight is 441 g/mol. The zero-order valence-corrected chi connectivity index (χ0v) is 17.4. The highest BCUT2D eigenvalue weighted by molar-refractivity contribution is 7.98. The van der Waals surface area contributed by atoms with Crippen LogP contribution in [0.2, 0.25) is 5.02 Å². The van der Waals surface area contributed by atoms with E-state index in [2.05, 4.69) is 20.6 Å². The number of amides is 1. The molecule has 152 valence electrons. The van der Waals surface area contributed by atoms with Crippen molar-refractivity contribution in [3.63, 3.8) is 0 Å². The van der Waals surface area contributed by atoms with Crippen molar-refractivity contribution in [2.75, 3.05) is 17.3 Å². The molecule has 0 aliphatic rings. The van der Waals surface area contributed by atoms with Gasteiger partial charge in [-0.1, -0.05) is 53.2 Å². The number of carbonyl (C=O) groups excluding carboxylic acids is 1. The molecule has 0 saturated carbocycles. The Balaban J connectivity index is 1.59. The molecule has 4 rings (SSSR count). The van der Waals surface area contributed by atoms with E-state index < -0.39 is 0 Å². The summed E-state index contributed by atoms with van der Waals surface area (Å²) in [6.07, 6.45) is 1.86. The van der Waals surface area contributed by atoms with Crippen LogP contribution in [0, 0.1) is 0 Å². The van der Waals surface area contributed by atoms with Gasteiger partial charge in [-0.2, -0.15) is 10.1 Å². The number of hydrogen-bond donors (Lipinski definition) is 2. The minimum absolute atomic E-state index is 0.0778. The molecular formula is C20H17ClN6O2S. The molecule has 8 nitrogen and oxygen atoms in total. The van der Waals surface area contributed by atoms with Crippen molar-refractivity contribution in [3.05, 3.63) is 59.6 Å². The predicted octanol–water partition coefficient (Wildman–Crippen LogP) is 4.20. The van der Waals surface area contributed by atoms with Crippen LogP contribution < -0.4 is 11.1 Å². The Bertz CT molecular complexity index is 1190. The van der Waals surface area contributed by atoms with Crippen LogP contribution in [0.3, 0.4) is 0 Å². The molecule has 0 saturated heterocycles. The Kier molecular flexibility index (Phi) is 5.73. The number of nitrogens with two attached hydrogens (primary N) is 1. The van der Waals surface area contributed by atoms with Crippen molar-refractivity contribution in [1.29, 1.82) is 0 Å². The lowest BCUT2D eigenvalue weighted by Crippen LogP contribution is -2.20. The number of benzene rings is 2. The maximum atomic E-state index is 12.5. The third kappa shape index (κ3) is 4.17. The van der Waals surface area contributed by atoms with Crippen LogP contribution in [0.15, 0.2) is 64.1 Å². The number of hydrogen-bond acceptors (Lipinski definition) is 7. The quantitative estimate of drug-likeness (QED) is 0.432. The molecule has 10 heteroatoms. The van der Waals surface area contributed by atoms with Gasteiger partial charge in [0, 0.05) is 16.3 Å². The smallest absolute Gasteiger partial charge is 0.264 e. The molecule has 0 bridgehead atoms. The number of nitrogens with zero attached hydrogens (tertiary/aromatic N) is 4. The van der Waals surface area contributed by atoms with Gasteiger partial charge in [-0.25, -0.2) is 4.68 Å². The lowest BCUT2D eigenvalue weighted by atomic mass is 10.2. The fourth-order valence-corrected chi connectivity index (χ4v) is 3.62. The summed E-state index contributed by atoms with van der Waals surface area (Å²) in [6, 6.07) is 16.4. The van der Waals surface area contributed by atoms with Crippen LogP contribution in [0.1, 0.15) is 0 Å². The van der Waals surface area contributed by atoms with Crippen molar-refractivity contribution >= 4 is 40.8 Å². The van der Waals surface area contributed by atoms with Crippen molar-refractivity contribution in [3.8, 4) is 22.8 Å². The highest BCUT2D eigenvalue weighted by Crippen LogP contribution is 2.34. The fraction of sp³-hybridized carbons (Fsp3) is 0.100. The SMILES string of the molecule is CSc1nn(CC(=O)Nc2cccc(Cl)c2)c(N)c1-c1nc(-c2ccccc2)no1. The van der Waals surface area contributed by atoms with Crippen LogP contribution in [0.25, 0.3) is 22.8 Å². The summed E-state index contributed by atoms with van der Waals surface area (Å²) in [7, 11) is 0. The van der Waals surface area contributed by atoms with Crippen molar-refractivity contribution in [2.24, 2.45) is 0 Å². The fourth-order valence-electron chi connectivity index (χ4n) is 2.85. The normalized spacial score (nSPS) is 10.9. The second-order valence-electron chi connectivity index (χ2n) is 6.27. The van der Waals surface area contributed by atoms with Crippen LogP contribution in [0.4, 0.5) is 11.5 Å². The van der Waals surface area contributed by atoms with E-state index in [1.807, 2.05) is 36.6 Å². The topological polar surface area (TPSA) is 112 Å². The minimum atomic E-state index is -0.291. The average Bonchev–Trinajstić information content (AvgIpc) is 3.33. The Labute approximate surface area is 181 Å². The van der Waals surface area contributed by atoms with Gasteiger partial charge in [0.15, 0.2) is 0 Å². The van der Waals surface area contributed by atoms with Gasteiger partial charge in [0.05, 0.1) is 0 Å². The first-order chi connectivity index (χ1) is 14.5. The monoisotopic (exact) mass is 440 g/mol. The number of aromatic nitrogens is 4. The van der Waals surface area contributed by atoms with E-state index in [1.165, 1.54) is 16.4 Å². The summed E-state index contributed by atoms with van der Waals surface area (Å²) >= 11 is 7.33. The van der Waals surface area contributed by atoms with Crippen molar-refractivity contribution in [2.45, 2.75) is 11.6 Å². The molecule has 0 spiro atoms. The standard InChI is InChI=1S/C20H17ClN6O2S/c1-30-20-16(19-24-18(26-29-19)12-6-3-2-4-7-12)17(22)27(25-20)11-15(28)23-14-9-5-8-13(21)10-14/h2-10H,11,22H2,1H3,(H,23,28). The molecule has 3 N–H and O–H groups in total. The van der Waals surface area contributed by atoms with E-state index in [1.54, 1.807) is 24.3 Å². The first-order valence-electron chi connectivity index (χ1n) is 8.90. The number of rotatable bonds is 6. The minimum Gasteiger partial charge on any atom is -0.383 e. The molecule has 4 aromatic rings. The molecule has 2 aromatic heterocycles. The van der Waals surface area contributed by atoms with Gasteiger partial charge < -0.3 is 15.6 Å². The second kappa shape index (κ2) is 8.60. The zero-order chi connectivity index (χ0) is 21.1. The van der Waals surface area contributed by atoms with E-state index in [4.69, 9.17) is 21.9 Å². The Morgan fingerprint density at radius 3 is 2.77 bits per heavy atom. The highest BCUT2D eigenvalue weighted by Gasteiger charge is 2.23. The van der Waals surface area contributed by atoms with Gasteiger partial charge in [-0.05, 0) is 24.5 Å². The number of nitrogens with one attached hydrogen (secondary N) is 1. The lowest BCUT2D eigenvalue weighted by molar-refractivity contribution is -0.116. The third-order valence-corrected chi connectivity index (χ3v) is 5.13. The number of anilines is 2. The number of halogens is 1. The summed E-state index contributed by atoms with van der Waals surface area (Å²) in [6.45, 7) is -0.0778. The first-order valence-corrected chi connectivity index (χ1v) is 10.5. The molecule has 0 aliphatic carbocycles. The molecule has 0 radical (unpaired) electrons. The summed E-state index contributed by atoms with van der Waals surface area (Å²) in [4.78, 5) is 16.9.